The number of carbonyl (C=O) groups is 3. The Kier molecular flexibility index (Phi) is 9.87. The number of para-hydroxylation sites is 1. The summed E-state index contributed by atoms with van der Waals surface area (Å²) < 4.78 is 34.3. The number of aromatic nitrogens is 7. The average molecular weight is 769 g/mol. The molecule has 2 N–H and O–H groups in total. The summed E-state index contributed by atoms with van der Waals surface area (Å²) >= 11 is 0. The van der Waals surface area contributed by atoms with Crippen LogP contribution in [0.3, 0.4) is 0 Å². The number of hydrogen-bond donors (Lipinski definition) is 2. The molecule has 3 amide bonds. The van der Waals surface area contributed by atoms with Gasteiger partial charge in [-0.25, -0.2) is 23.1 Å². The number of fused-ring (bicyclic) bond motifs is 2. The summed E-state index contributed by atoms with van der Waals surface area (Å²) in [6.07, 6.45) is 7.82. The van der Waals surface area contributed by atoms with Crippen molar-refractivity contribution in [3.63, 3.8) is 0 Å². The number of benzene rings is 1. The molecule has 0 bridgehead atoms. The summed E-state index contributed by atoms with van der Waals surface area (Å²) in [5.74, 6) is -1.33. The van der Waals surface area contributed by atoms with Crippen molar-refractivity contribution >= 4 is 45.8 Å². The Bertz CT molecular complexity index is 2410. The van der Waals surface area contributed by atoms with Crippen molar-refractivity contribution < 1.29 is 23.2 Å². The van der Waals surface area contributed by atoms with Gasteiger partial charge in [-0.2, -0.15) is 15.5 Å². The molecule has 16 nitrogen and oxygen atoms in total. The van der Waals surface area contributed by atoms with E-state index < -0.39 is 30.0 Å². The second kappa shape index (κ2) is 14.9. The highest BCUT2D eigenvalue weighted by Gasteiger charge is 2.37. The summed E-state index contributed by atoms with van der Waals surface area (Å²) in [7, 11) is 3.70. The molecule has 18 heteroatoms. The van der Waals surface area contributed by atoms with Crippen LogP contribution in [0.2, 0.25) is 0 Å². The van der Waals surface area contributed by atoms with E-state index in [9.17, 15) is 33.2 Å². The van der Waals surface area contributed by atoms with Crippen molar-refractivity contribution in [2.45, 2.75) is 82.0 Å². The lowest BCUT2D eigenvalue weighted by molar-refractivity contribution is -0.135. The Morgan fingerprint density at radius 1 is 1.07 bits per heavy atom. The van der Waals surface area contributed by atoms with Gasteiger partial charge in [0, 0.05) is 51.2 Å². The van der Waals surface area contributed by atoms with Crippen LogP contribution in [0.25, 0.3) is 16.7 Å². The fraction of sp³-hybridized carbons (Fsp3) is 0.474. The Morgan fingerprint density at radius 2 is 1.84 bits per heavy atom. The van der Waals surface area contributed by atoms with Crippen LogP contribution in [0, 0.1) is 17.2 Å². The molecule has 2 aliphatic heterocycles. The second-order valence-electron chi connectivity index (χ2n) is 15.0. The minimum atomic E-state index is -2.90. The van der Waals surface area contributed by atoms with Gasteiger partial charge >= 0.3 is 5.69 Å². The quantitative estimate of drug-likeness (QED) is 0.209. The summed E-state index contributed by atoms with van der Waals surface area (Å²) in [6, 6.07) is 8.82. The largest absolute Gasteiger partial charge is 0.370 e. The van der Waals surface area contributed by atoms with Crippen LogP contribution >= 0.6 is 0 Å². The van der Waals surface area contributed by atoms with E-state index in [0.29, 0.717) is 49.9 Å². The van der Waals surface area contributed by atoms with Gasteiger partial charge in [0.1, 0.15) is 17.6 Å². The summed E-state index contributed by atoms with van der Waals surface area (Å²) in [6.45, 7) is 1.41. The Morgan fingerprint density at radius 3 is 2.55 bits per heavy atom. The highest BCUT2D eigenvalue weighted by molar-refractivity contribution is 6.08. The van der Waals surface area contributed by atoms with Gasteiger partial charge in [0.05, 0.1) is 40.7 Å². The molecular weight excluding hydrogens is 726 g/mol. The Labute approximate surface area is 319 Å². The van der Waals surface area contributed by atoms with E-state index in [1.165, 1.54) is 32.4 Å². The molecule has 292 valence electrons. The minimum absolute atomic E-state index is 0.0614. The standard InChI is InChI=1S/C38H42F2N12O4/c1-47(23-13-17-49(18-14-23)27-5-3-6-28-33(27)48(2)38(56)52(28)29-11-12-31(53)45-37(29)55)30(19-41)22-7-9-24(10-8-22)51-21-26(32(46-51)34(39)40)44-36(54)25-20-43-50-16-4-15-42-35(25)50/h3-6,15-16,20-24,29-30,34H,7-14,17-18H2,1-2H3,(H,44,54)(H,45,53,55)/t22-,24-,29?,30-/m0/s1. The van der Waals surface area contributed by atoms with Gasteiger partial charge < -0.3 is 10.2 Å². The SMILES string of the molecule is CN(C1CCN(c2cccc3c2n(C)c(=O)n3C2CCC(=O)NC2=O)CC1)[C@@H](C#N)[C@H]1CC[C@H](n2cc(NC(=O)c3cnn4cccnc34)c(C(F)F)n2)CC1. The number of rotatable bonds is 9. The maximum absolute atomic E-state index is 14.1. The lowest BCUT2D eigenvalue weighted by atomic mass is 9.81. The molecule has 3 aliphatic rings. The molecule has 1 unspecified atom stereocenters. The first kappa shape index (κ1) is 37.0. The highest BCUT2D eigenvalue weighted by atomic mass is 19.3. The van der Waals surface area contributed by atoms with E-state index in [1.54, 1.807) is 23.9 Å². The monoisotopic (exact) mass is 768 g/mol. The lowest BCUT2D eigenvalue weighted by Gasteiger charge is -2.42. The van der Waals surface area contributed by atoms with Crippen molar-refractivity contribution in [1.29, 1.82) is 5.26 Å². The van der Waals surface area contributed by atoms with Crippen LogP contribution in [-0.2, 0) is 16.6 Å². The number of amides is 3. The number of halogens is 2. The number of nitrogens with zero attached hydrogens (tertiary/aromatic N) is 10. The van der Waals surface area contributed by atoms with Crippen molar-refractivity contribution in [3.8, 4) is 6.07 Å². The van der Waals surface area contributed by atoms with Crippen LogP contribution in [-0.4, -0.2) is 88.4 Å². The number of imide groups is 1. The first-order chi connectivity index (χ1) is 27.0. The maximum atomic E-state index is 14.1. The van der Waals surface area contributed by atoms with E-state index in [1.807, 2.05) is 25.2 Å². The molecule has 0 spiro atoms. The molecule has 5 aromatic rings. The van der Waals surface area contributed by atoms with Gasteiger partial charge in [-0.05, 0) is 76.1 Å². The van der Waals surface area contributed by atoms with Gasteiger partial charge in [0.15, 0.2) is 11.3 Å². The number of piperidine rings is 2. The molecule has 6 heterocycles. The highest BCUT2D eigenvalue weighted by Crippen LogP contribution is 2.38. The summed E-state index contributed by atoms with van der Waals surface area (Å²) in [5.41, 5.74) is 1.86. The van der Waals surface area contributed by atoms with Crippen molar-refractivity contribution in [1.82, 2.24) is 43.7 Å². The number of alkyl halides is 2. The van der Waals surface area contributed by atoms with E-state index in [-0.39, 0.29) is 59.7 Å². The number of imidazole rings is 1. The van der Waals surface area contributed by atoms with Crippen molar-refractivity contribution in [2.24, 2.45) is 13.0 Å². The zero-order valence-electron chi connectivity index (χ0n) is 31.0. The normalized spacial score (nSPS) is 21.5. The number of nitrogens with one attached hydrogen (secondary N) is 2. The molecule has 1 aromatic carbocycles. The molecule has 2 saturated heterocycles. The molecule has 4 aromatic heterocycles. The number of hydrogen-bond acceptors (Lipinski definition) is 10. The first-order valence-electron chi connectivity index (χ1n) is 18.9. The zero-order valence-corrected chi connectivity index (χ0v) is 31.0. The fourth-order valence-electron chi connectivity index (χ4n) is 8.88. The predicted octanol–water partition coefficient (Wildman–Crippen LogP) is 3.97. The molecule has 0 radical (unpaired) electrons. The predicted molar refractivity (Wildman–Crippen MR) is 200 cm³/mol. The smallest absolute Gasteiger partial charge is 0.329 e. The van der Waals surface area contributed by atoms with Crippen LogP contribution in [0.1, 0.15) is 85.9 Å². The maximum Gasteiger partial charge on any atom is 0.329 e. The Hall–Kier alpha value is -5.96. The third kappa shape index (κ3) is 6.59. The number of nitriles is 1. The molecule has 3 fully saturated rings. The van der Waals surface area contributed by atoms with Crippen LogP contribution < -0.4 is 21.2 Å². The van der Waals surface area contributed by atoms with E-state index in [2.05, 4.69) is 41.7 Å². The second-order valence-corrected chi connectivity index (χ2v) is 15.0. The van der Waals surface area contributed by atoms with Crippen LogP contribution in [0.4, 0.5) is 20.2 Å². The average Bonchev–Trinajstić information content (AvgIpc) is 3.90. The fourth-order valence-corrected chi connectivity index (χ4v) is 8.88. The third-order valence-corrected chi connectivity index (χ3v) is 11.9. The minimum Gasteiger partial charge on any atom is -0.370 e. The lowest BCUT2D eigenvalue weighted by Crippen LogP contribution is -2.49. The van der Waals surface area contributed by atoms with Gasteiger partial charge in [-0.1, -0.05) is 6.07 Å². The molecule has 2 atom stereocenters. The number of aryl methyl sites for hydroxylation is 1. The van der Waals surface area contributed by atoms with E-state index in [0.717, 1.165) is 24.0 Å². The van der Waals surface area contributed by atoms with Crippen molar-refractivity contribution in [2.75, 3.05) is 30.4 Å². The molecule has 56 heavy (non-hydrogen) atoms. The number of carbonyl (C=O) groups excluding carboxylic acids is 3. The van der Waals surface area contributed by atoms with Gasteiger partial charge in [0.25, 0.3) is 12.3 Å². The summed E-state index contributed by atoms with van der Waals surface area (Å²) in [5, 5.41) is 23.7. The van der Waals surface area contributed by atoms with Gasteiger partial charge in [-0.15, -0.1) is 0 Å². The third-order valence-electron chi connectivity index (χ3n) is 11.9. The van der Waals surface area contributed by atoms with E-state index in [4.69, 9.17) is 0 Å². The Balaban J connectivity index is 0.903. The summed E-state index contributed by atoms with van der Waals surface area (Å²) in [4.78, 5) is 59.6. The van der Waals surface area contributed by atoms with Crippen LogP contribution in [0.5, 0.6) is 0 Å². The zero-order chi connectivity index (χ0) is 39.2. The van der Waals surface area contributed by atoms with Gasteiger partial charge in [0.2, 0.25) is 11.8 Å². The van der Waals surface area contributed by atoms with Crippen molar-refractivity contribution in [3.05, 3.63) is 70.8 Å². The van der Waals surface area contributed by atoms with Gasteiger partial charge in [-0.3, -0.25) is 38.4 Å². The molecule has 1 saturated carbocycles. The first-order valence-corrected chi connectivity index (χ1v) is 18.9. The van der Waals surface area contributed by atoms with E-state index >= 15 is 0 Å². The molecule has 8 rings (SSSR count). The molecule has 1 aliphatic carbocycles. The topological polar surface area (TPSA) is 180 Å². The number of anilines is 2. The van der Waals surface area contributed by atoms with Crippen LogP contribution in [0.15, 0.2) is 53.8 Å². The molecular formula is C38H42F2N12O4.